The summed E-state index contributed by atoms with van der Waals surface area (Å²) < 4.78 is 33.8. The lowest BCUT2D eigenvalue weighted by atomic mass is 10.0. The number of carbonyl (C=O) groups is 1. The highest BCUT2D eigenvalue weighted by molar-refractivity contribution is 7.90. The standard InChI is InChI=1S/C21H23N3O4S/c1-23(21-17-9-3-4-11-19(17)29(26,27)22-21)14-20(25)24-12-6-10-18(24)15-7-5-8-16(13-15)28-2/h3-5,7-9,11,13,18H,6,10,12,14H2,1-2H3. The molecule has 1 saturated heterocycles. The molecule has 1 atom stereocenters. The summed E-state index contributed by atoms with van der Waals surface area (Å²) in [7, 11) is -0.384. The molecule has 0 bridgehead atoms. The van der Waals surface area contributed by atoms with E-state index in [1.54, 1.807) is 37.3 Å². The predicted octanol–water partition coefficient (Wildman–Crippen LogP) is 2.44. The van der Waals surface area contributed by atoms with Crippen molar-refractivity contribution >= 4 is 21.8 Å². The molecule has 2 aliphatic rings. The van der Waals surface area contributed by atoms with Crippen molar-refractivity contribution in [3.63, 3.8) is 0 Å². The first kappa shape index (κ1) is 19.4. The fourth-order valence-electron chi connectivity index (χ4n) is 3.99. The largest absolute Gasteiger partial charge is 0.497 e. The third kappa shape index (κ3) is 3.60. The number of carbonyl (C=O) groups excluding carboxylic acids is 1. The topological polar surface area (TPSA) is 79.3 Å². The fraction of sp³-hybridized carbons (Fsp3) is 0.333. The minimum Gasteiger partial charge on any atom is -0.497 e. The van der Waals surface area contributed by atoms with Gasteiger partial charge in [0.05, 0.1) is 19.7 Å². The highest BCUT2D eigenvalue weighted by Gasteiger charge is 2.34. The molecule has 0 saturated carbocycles. The van der Waals surface area contributed by atoms with Crippen LogP contribution in [-0.4, -0.2) is 57.2 Å². The van der Waals surface area contributed by atoms with Gasteiger partial charge in [0.2, 0.25) is 5.91 Å². The molecule has 0 radical (unpaired) electrons. The van der Waals surface area contributed by atoms with Gasteiger partial charge in [-0.1, -0.05) is 24.3 Å². The Bertz CT molecular complexity index is 1080. The molecule has 2 aliphatic heterocycles. The smallest absolute Gasteiger partial charge is 0.285 e. The Balaban J connectivity index is 1.53. The molecule has 4 rings (SSSR count). The molecule has 7 nitrogen and oxygen atoms in total. The number of hydrogen-bond acceptors (Lipinski definition) is 5. The number of fused-ring (bicyclic) bond motifs is 1. The van der Waals surface area contributed by atoms with Crippen LogP contribution in [0.3, 0.4) is 0 Å². The van der Waals surface area contributed by atoms with Crippen molar-refractivity contribution < 1.29 is 17.9 Å². The van der Waals surface area contributed by atoms with E-state index in [1.807, 2.05) is 29.2 Å². The van der Waals surface area contributed by atoms with Crippen molar-refractivity contribution in [2.75, 3.05) is 27.2 Å². The first-order chi connectivity index (χ1) is 13.9. The first-order valence-electron chi connectivity index (χ1n) is 9.49. The summed E-state index contributed by atoms with van der Waals surface area (Å²) in [4.78, 5) is 16.7. The van der Waals surface area contributed by atoms with E-state index in [0.29, 0.717) is 17.9 Å². The van der Waals surface area contributed by atoms with Gasteiger partial charge >= 0.3 is 0 Å². The van der Waals surface area contributed by atoms with Gasteiger partial charge in [0.15, 0.2) is 5.84 Å². The van der Waals surface area contributed by atoms with Crippen LogP contribution >= 0.6 is 0 Å². The highest BCUT2D eigenvalue weighted by Crippen LogP contribution is 2.34. The van der Waals surface area contributed by atoms with Gasteiger partial charge in [-0.05, 0) is 42.7 Å². The van der Waals surface area contributed by atoms with Crippen LogP contribution < -0.4 is 4.74 Å². The van der Waals surface area contributed by atoms with Gasteiger partial charge in [-0.3, -0.25) is 4.79 Å². The summed E-state index contributed by atoms with van der Waals surface area (Å²) >= 11 is 0. The van der Waals surface area contributed by atoms with E-state index in [1.165, 1.54) is 6.07 Å². The Hall–Kier alpha value is -2.87. The van der Waals surface area contributed by atoms with Crippen molar-refractivity contribution in [2.24, 2.45) is 4.40 Å². The molecule has 2 heterocycles. The Morgan fingerprint density at radius 1 is 1.24 bits per heavy atom. The quantitative estimate of drug-likeness (QED) is 0.769. The number of rotatable bonds is 4. The maximum Gasteiger partial charge on any atom is 0.285 e. The van der Waals surface area contributed by atoms with Crippen LogP contribution in [0.25, 0.3) is 0 Å². The van der Waals surface area contributed by atoms with Gasteiger partial charge in [0.1, 0.15) is 10.6 Å². The number of nitrogens with zero attached hydrogens (tertiary/aromatic N) is 3. The lowest BCUT2D eigenvalue weighted by molar-refractivity contribution is -0.132. The maximum absolute atomic E-state index is 13.1. The normalized spacial score (nSPS) is 19.6. The molecule has 2 aromatic rings. The van der Waals surface area contributed by atoms with Crippen LogP contribution in [0.15, 0.2) is 57.8 Å². The average molecular weight is 413 g/mol. The molecule has 0 aromatic heterocycles. The number of sulfonamides is 1. The molecule has 152 valence electrons. The molecule has 0 N–H and O–H groups in total. The summed E-state index contributed by atoms with van der Waals surface area (Å²) in [5.74, 6) is 1.02. The molecule has 0 aliphatic carbocycles. The molecular weight excluding hydrogens is 390 g/mol. The average Bonchev–Trinajstić information content (AvgIpc) is 3.31. The molecule has 2 aromatic carbocycles. The van der Waals surface area contributed by atoms with Crippen molar-refractivity contribution in [3.8, 4) is 5.75 Å². The van der Waals surface area contributed by atoms with Gasteiger partial charge in [-0.25, -0.2) is 0 Å². The summed E-state index contributed by atoms with van der Waals surface area (Å²) in [5, 5.41) is 0. The van der Waals surface area contributed by atoms with Gasteiger partial charge in [-0.15, -0.1) is 4.40 Å². The van der Waals surface area contributed by atoms with Crippen LogP contribution in [-0.2, 0) is 14.8 Å². The van der Waals surface area contributed by atoms with Crippen molar-refractivity contribution in [1.29, 1.82) is 0 Å². The summed E-state index contributed by atoms with van der Waals surface area (Å²) in [6.07, 6.45) is 1.82. The van der Waals surface area contributed by atoms with E-state index in [9.17, 15) is 13.2 Å². The molecule has 1 unspecified atom stereocenters. The molecule has 0 spiro atoms. The van der Waals surface area contributed by atoms with E-state index >= 15 is 0 Å². The highest BCUT2D eigenvalue weighted by atomic mass is 32.2. The van der Waals surface area contributed by atoms with Crippen LogP contribution in [0.2, 0.25) is 0 Å². The Morgan fingerprint density at radius 3 is 2.83 bits per heavy atom. The van der Waals surface area contributed by atoms with Crippen LogP contribution in [0.1, 0.15) is 30.0 Å². The number of amidine groups is 1. The molecule has 8 heteroatoms. The van der Waals surface area contributed by atoms with Gasteiger partial charge in [0.25, 0.3) is 10.0 Å². The second-order valence-corrected chi connectivity index (χ2v) is 8.84. The Morgan fingerprint density at radius 2 is 2.03 bits per heavy atom. The molecular formula is C21H23N3O4S. The Labute approximate surface area is 170 Å². The second kappa shape index (κ2) is 7.51. The zero-order valence-corrected chi connectivity index (χ0v) is 17.2. The number of likely N-dealkylation sites (tertiary alicyclic amines) is 1. The van der Waals surface area contributed by atoms with Crippen molar-refractivity contribution in [2.45, 2.75) is 23.8 Å². The third-order valence-corrected chi connectivity index (χ3v) is 6.72. The first-order valence-corrected chi connectivity index (χ1v) is 10.9. The van der Waals surface area contributed by atoms with E-state index in [2.05, 4.69) is 4.40 Å². The van der Waals surface area contributed by atoms with Gasteiger partial charge in [0, 0.05) is 19.2 Å². The number of hydrogen-bond donors (Lipinski definition) is 0. The minimum absolute atomic E-state index is 0.00691. The molecule has 1 fully saturated rings. The summed E-state index contributed by atoms with van der Waals surface area (Å²) in [6, 6.07) is 14.5. The fourth-order valence-corrected chi connectivity index (χ4v) is 5.24. The minimum atomic E-state index is -3.71. The number of methoxy groups -OCH3 is 1. The van der Waals surface area contributed by atoms with E-state index in [-0.39, 0.29) is 23.4 Å². The van der Waals surface area contributed by atoms with Gasteiger partial charge in [-0.2, -0.15) is 8.42 Å². The number of benzene rings is 2. The van der Waals surface area contributed by atoms with Crippen molar-refractivity contribution in [3.05, 3.63) is 59.7 Å². The Kier molecular flexibility index (Phi) is 5.04. The molecule has 29 heavy (non-hydrogen) atoms. The maximum atomic E-state index is 13.1. The van der Waals surface area contributed by atoms with Crippen molar-refractivity contribution in [1.82, 2.24) is 9.80 Å². The number of ether oxygens (including phenoxy) is 1. The zero-order valence-electron chi connectivity index (χ0n) is 16.4. The monoisotopic (exact) mass is 413 g/mol. The van der Waals surface area contributed by atoms with Gasteiger partial charge < -0.3 is 14.5 Å². The number of likely N-dealkylation sites (N-methyl/N-ethyl adjacent to an activating group) is 1. The lowest BCUT2D eigenvalue weighted by Gasteiger charge is -2.28. The SMILES string of the molecule is COc1cccc(C2CCCN2C(=O)CN(C)C2=NS(=O)(=O)c3ccccc32)c1. The zero-order chi connectivity index (χ0) is 20.6. The van der Waals surface area contributed by atoms with E-state index < -0.39 is 10.0 Å². The third-order valence-electron chi connectivity index (χ3n) is 5.40. The number of amides is 1. The second-order valence-electron chi connectivity index (χ2n) is 7.26. The van der Waals surface area contributed by atoms with Crippen LogP contribution in [0.4, 0.5) is 0 Å². The van der Waals surface area contributed by atoms with Crippen LogP contribution in [0, 0.1) is 0 Å². The van der Waals surface area contributed by atoms with Crippen LogP contribution in [0.5, 0.6) is 5.75 Å². The summed E-state index contributed by atoms with van der Waals surface area (Å²) in [6.45, 7) is 0.735. The predicted molar refractivity (Wildman–Crippen MR) is 109 cm³/mol. The summed E-state index contributed by atoms with van der Waals surface area (Å²) in [5.41, 5.74) is 1.58. The van der Waals surface area contributed by atoms with E-state index in [4.69, 9.17) is 4.74 Å². The molecule has 1 amide bonds. The lowest BCUT2D eigenvalue weighted by Crippen LogP contribution is -2.40. The van der Waals surface area contributed by atoms with E-state index in [0.717, 1.165) is 24.2 Å².